The number of urea groups is 1. The summed E-state index contributed by atoms with van der Waals surface area (Å²) in [5.74, 6) is -0.449. The van der Waals surface area contributed by atoms with Crippen molar-refractivity contribution in [1.82, 2.24) is 5.32 Å². The van der Waals surface area contributed by atoms with E-state index in [0.29, 0.717) is 6.54 Å². The van der Waals surface area contributed by atoms with E-state index in [-0.39, 0.29) is 5.69 Å². The number of anilines is 1. The lowest BCUT2D eigenvalue weighted by Crippen LogP contribution is -2.30. The molecule has 0 unspecified atom stereocenters. The van der Waals surface area contributed by atoms with E-state index in [1.807, 2.05) is 24.3 Å². The molecule has 2 aromatic carbocycles. The Kier molecular flexibility index (Phi) is 5.12. The molecule has 0 radical (unpaired) electrons. The van der Waals surface area contributed by atoms with Crippen molar-refractivity contribution in [3.05, 3.63) is 64.4 Å². The largest absolute Gasteiger partial charge is 0.338 e. The Hall–Kier alpha value is -1.88. The summed E-state index contributed by atoms with van der Waals surface area (Å²) >= 11 is 3.37. The van der Waals surface area contributed by atoms with E-state index in [4.69, 9.17) is 0 Å². The lowest BCUT2D eigenvalue weighted by atomic mass is 10.1. The lowest BCUT2D eigenvalue weighted by Gasteiger charge is -2.08. The van der Waals surface area contributed by atoms with Crippen LogP contribution in [-0.4, -0.2) is 12.6 Å². The quantitative estimate of drug-likeness (QED) is 0.871. The zero-order valence-corrected chi connectivity index (χ0v) is 12.3. The van der Waals surface area contributed by atoms with Gasteiger partial charge in [0.1, 0.15) is 5.82 Å². The lowest BCUT2D eigenvalue weighted by molar-refractivity contribution is 0.252. The van der Waals surface area contributed by atoms with E-state index >= 15 is 0 Å². The molecule has 2 aromatic rings. The molecule has 3 nitrogen and oxygen atoms in total. The molecule has 0 saturated heterocycles. The first-order valence-corrected chi connectivity index (χ1v) is 6.98. The third-order valence-corrected chi connectivity index (χ3v) is 3.26. The van der Waals surface area contributed by atoms with Crippen LogP contribution in [0.3, 0.4) is 0 Å². The molecule has 2 rings (SSSR count). The number of nitrogens with one attached hydrogen (secondary N) is 2. The maximum absolute atomic E-state index is 13.3. The molecule has 0 aliphatic heterocycles. The normalized spacial score (nSPS) is 10.1. The summed E-state index contributed by atoms with van der Waals surface area (Å²) < 4.78 is 14.3. The van der Waals surface area contributed by atoms with Gasteiger partial charge in [-0.25, -0.2) is 9.18 Å². The van der Waals surface area contributed by atoms with E-state index in [2.05, 4.69) is 26.6 Å². The minimum absolute atomic E-state index is 0.175. The van der Waals surface area contributed by atoms with Crippen molar-refractivity contribution in [2.45, 2.75) is 6.42 Å². The van der Waals surface area contributed by atoms with Crippen LogP contribution in [0.25, 0.3) is 0 Å². The minimum atomic E-state index is -0.449. The molecule has 0 heterocycles. The smallest absolute Gasteiger partial charge is 0.319 e. The van der Waals surface area contributed by atoms with E-state index in [9.17, 15) is 9.18 Å². The first kappa shape index (κ1) is 14.5. The van der Waals surface area contributed by atoms with Gasteiger partial charge in [-0.1, -0.05) is 40.2 Å². The van der Waals surface area contributed by atoms with Crippen LogP contribution in [0, 0.1) is 5.82 Å². The van der Waals surface area contributed by atoms with Crippen molar-refractivity contribution in [1.29, 1.82) is 0 Å². The number of carbonyl (C=O) groups excluding carboxylic acids is 1. The number of benzene rings is 2. The number of halogens is 2. The van der Waals surface area contributed by atoms with Crippen LogP contribution >= 0.6 is 15.9 Å². The third kappa shape index (κ3) is 4.35. The molecule has 0 atom stereocenters. The van der Waals surface area contributed by atoms with Crippen LogP contribution in [0.2, 0.25) is 0 Å². The van der Waals surface area contributed by atoms with Gasteiger partial charge in [0.25, 0.3) is 0 Å². The highest BCUT2D eigenvalue weighted by Gasteiger charge is 2.05. The summed E-state index contributed by atoms with van der Waals surface area (Å²) in [5.41, 5.74) is 1.30. The molecule has 0 aliphatic carbocycles. The van der Waals surface area contributed by atoms with Crippen LogP contribution in [0.5, 0.6) is 0 Å². The molecular weight excluding hydrogens is 323 g/mol. The fraction of sp³-hybridized carbons (Fsp3) is 0.133. The van der Waals surface area contributed by atoms with Gasteiger partial charge in [0.2, 0.25) is 0 Å². The minimum Gasteiger partial charge on any atom is -0.338 e. The highest BCUT2D eigenvalue weighted by atomic mass is 79.9. The van der Waals surface area contributed by atoms with E-state index < -0.39 is 11.8 Å². The highest BCUT2D eigenvalue weighted by Crippen LogP contribution is 2.12. The fourth-order valence-electron chi connectivity index (χ4n) is 1.70. The molecule has 0 bridgehead atoms. The molecule has 2 N–H and O–H groups in total. The summed E-state index contributed by atoms with van der Waals surface area (Å²) in [6.07, 6.45) is 0.720. The fourth-order valence-corrected chi connectivity index (χ4v) is 1.96. The van der Waals surface area contributed by atoms with E-state index in [0.717, 1.165) is 16.5 Å². The molecule has 0 spiro atoms. The summed E-state index contributed by atoms with van der Waals surface area (Å²) in [4.78, 5) is 11.6. The Labute approximate surface area is 125 Å². The Balaban J connectivity index is 1.78. The molecule has 0 saturated carbocycles. The molecule has 20 heavy (non-hydrogen) atoms. The summed E-state index contributed by atoms with van der Waals surface area (Å²) in [5, 5.41) is 5.17. The number of carbonyl (C=O) groups is 1. The third-order valence-electron chi connectivity index (χ3n) is 2.73. The van der Waals surface area contributed by atoms with Crippen molar-refractivity contribution < 1.29 is 9.18 Å². The van der Waals surface area contributed by atoms with Crippen LogP contribution in [-0.2, 0) is 6.42 Å². The predicted octanol–water partition coefficient (Wildman–Crippen LogP) is 3.95. The van der Waals surface area contributed by atoms with Gasteiger partial charge in [-0.2, -0.15) is 0 Å². The second kappa shape index (κ2) is 7.05. The van der Waals surface area contributed by atoms with Crippen LogP contribution in [0.4, 0.5) is 14.9 Å². The topological polar surface area (TPSA) is 41.1 Å². The van der Waals surface area contributed by atoms with Gasteiger partial charge in [0.15, 0.2) is 0 Å². The van der Waals surface area contributed by atoms with E-state index in [1.165, 1.54) is 12.1 Å². The number of para-hydroxylation sites is 1. The van der Waals surface area contributed by atoms with Gasteiger partial charge in [-0.05, 0) is 36.2 Å². The maximum atomic E-state index is 13.3. The van der Waals surface area contributed by atoms with Gasteiger partial charge in [0, 0.05) is 11.0 Å². The van der Waals surface area contributed by atoms with Crippen molar-refractivity contribution >= 4 is 27.6 Å². The molecule has 0 aliphatic rings. The van der Waals surface area contributed by atoms with Crippen molar-refractivity contribution in [2.75, 3.05) is 11.9 Å². The number of hydrogen-bond donors (Lipinski definition) is 2. The van der Waals surface area contributed by atoms with E-state index in [1.54, 1.807) is 12.1 Å². The molecule has 0 fully saturated rings. The Morgan fingerprint density at radius 2 is 1.80 bits per heavy atom. The zero-order chi connectivity index (χ0) is 14.4. The zero-order valence-electron chi connectivity index (χ0n) is 10.7. The standard InChI is InChI=1S/C15H14BrFN2O/c16-12-7-5-11(6-8-12)9-10-18-15(20)19-14-4-2-1-3-13(14)17/h1-8H,9-10H2,(H2,18,19,20). The molecule has 104 valence electrons. The first-order valence-electron chi connectivity index (χ1n) is 6.19. The maximum Gasteiger partial charge on any atom is 0.319 e. The van der Waals surface area contributed by atoms with Gasteiger partial charge in [-0.3, -0.25) is 0 Å². The van der Waals surface area contributed by atoms with Crippen LogP contribution in [0.1, 0.15) is 5.56 Å². The summed E-state index contributed by atoms with van der Waals surface area (Å²) in [7, 11) is 0. The SMILES string of the molecule is O=C(NCCc1ccc(Br)cc1)Nc1ccccc1F. The summed E-state index contributed by atoms with van der Waals surface area (Å²) in [6.45, 7) is 0.488. The highest BCUT2D eigenvalue weighted by molar-refractivity contribution is 9.10. The monoisotopic (exact) mass is 336 g/mol. The average Bonchev–Trinajstić information content (AvgIpc) is 2.44. The summed E-state index contributed by atoms with van der Waals surface area (Å²) in [6, 6.07) is 13.5. The van der Waals surface area contributed by atoms with Crippen molar-refractivity contribution in [3.8, 4) is 0 Å². The molecule has 2 amide bonds. The number of amides is 2. The second-order valence-electron chi connectivity index (χ2n) is 4.24. The first-order chi connectivity index (χ1) is 9.65. The number of hydrogen-bond acceptors (Lipinski definition) is 1. The van der Waals surface area contributed by atoms with Gasteiger partial charge in [0.05, 0.1) is 5.69 Å². The van der Waals surface area contributed by atoms with Crippen LogP contribution < -0.4 is 10.6 Å². The molecular formula is C15H14BrFN2O. The van der Waals surface area contributed by atoms with Gasteiger partial charge < -0.3 is 10.6 Å². The Morgan fingerprint density at radius 3 is 2.50 bits per heavy atom. The Bertz CT molecular complexity index is 587. The predicted molar refractivity (Wildman–Crippen MR) is 81.3 cm³/mol. The Morgan fingerprint density at radius 1 is 1.10 bits per heavy atom. The average molecular weight is 337 g/mol. The van der Waals surface area contributed by atoms with Crippen molar-refractivity contribution in [2.24, 2.45) is 0 Å². The molecule has 0 aromatic heterocycles. The van der Waals surface area contributed by atoms with Crippen molar-refractivity contribution in [3.63, 3.8) is 0 Å². The van der Waals surface area contributed by atoms with Gasteiger partial charge >= 0.3 is 6.03 Å². The van der Waals surface area contributed by atoms with Crippen LogP contribution in [0.15, 0.2) is 53.0 Å². The second-order valence-corrected chi connectivity index (χ2v) is 5.15. The van der Waals surface area contributed by atoms with Gasteiger partial charge in [-0.15, -0.1) is 0 Å². The number of rotatable bonds is 4. The molecule has 5 heteroatoms.